The number of carbonyl (C=O) groups excluding carboxylic acids is 2. The number of nitrogens with one attached hydrogen (secondary N) is 1. The summed E-state index contributed by atoms with van der Waals surface area (Å²) in [5.41, 5.74) is -2.29. The zero-order valence-corrected chi connectivity index (χ0v) is 16.4. The number of methoxy groups -OCH3 is 1. The number of rotatable bonds is 6. The molecule has 0 spiro atoms. The Morgan fingerprint density at radius 3 is 2.37 bits per heavy atom. The van der Waals surface area contributed by atoms with E-state index >= 15 is 0 Å². The van der Waals surface area contributed by atoms with E-state index in [1.54, 1.807) is 59.9 Å². The molecule has 0 radical (unpaired) electrons. The standard InChI is InChI=1S/C21H20F3N3O3/c1-14(28)25-20(21(22,23)24)19(29)27(18(26-20)16-9-4-3-5-10-16)13-12-15-8-6-7-11-17(15)30-2/h3-11H,12-13H2,1-2H3,(H,25,28)/t20-/m0/s1. The molecule has 1 aliphatic rings. The lowest BCUT2D eigenvalue weighted by Crippen LogP contribution is -2.63. The number of benzene rings is 2. The zero-order chi connectivity index (χ0) is 21.9. The van der Waals surface area contributed by atoms with Crippen LogP contribution in [-0.4, -0.2) is 48.0 Å². The highest BCUT2D eigenvalue weighted by molar-refractivity contribution is 6.16. The highest BCUT2D eigenvalue weighted by atomic mass is 19.4. The van der Waals surface area contributed by atoms with E-state index in [-0.39, 0.29) is 18.8 Å². The number of amides is 2. The van der Waals surface area contributed by atoms with E-state index in [1.165, 1.54) is 7.11 Å². The Kier molecular flexibility index (Phi) is 5.82. The Balaban J connectivity index is 2.03. The number of carbonyl (C=O) groups is 2. The molecule has 3 rings (SSSR count). The zero-order valence-electron chi connectivity index (χ0n) is 16.4. The predicted octanol–water partition coefficient (Wildman–Crippen LogP) is 2.92. The number of alkyl halides is 3. The van der Waals surface area contributed by atoms with Crippen LogP contribution >= 0.6 is 0 Å². The van der Waals surface area contributed by atoms with Crippen molar-refractivity contribution in [3.05, 3.63) is 65.7 Å². The van der Waals surface area contributed by atoms with Crippen LogP contribution < -0.4 is 10.1 Å². The molecule has 0 unspecified atom stereocenters. The predicted molar refractivity (Wildman–Crippen MR) is 104 cm³/mol. The van der Waals surface area contributed by atoms with Gasteiger partial charge in [0.15, 0.2) is 0 Å². The third-order valence-corrected chi connectivity index (χ3v) is 4.68. The topological polar surface area (TPSA) is 71.0 Å². The van der Waals surface area contributed by atoms with Crippen molar-refractivity contribution in [1.82, 2.24) is 10.2 Å². The number of nitrogens with zero attached hydrogens (tertiary/aromatic N) is 2. The summed E-state index contributed by atoms with van der Waals surface area (Å²) in [7, 11) is 1.49. The van der Waals surface area contributed by atoms with Gasteiger partial charge < -0.3 is 10.1 Å². The molecule has 2 aromatic rings. The average Bonchev–Trinajstić information content (AvgIpc) is 2.99. The van der Waals surface area contributed by atoms with Gasteiger partial charge in [-0.2, -0.15) is 13.2 Å². The Morgan fingerprint density at radius 2 is 1.77 bits per heavy atom. The van der Waals surface area contributed by atoms with Crippen LogP contribution in [0, 0.1) is 0 Å². The van der Waals surface area contributed by atoms with Crippen LogP contribution in [0.3, 0.4) is 0 Å². The van der Waals surface area contributed by atoms with Gasteiger partial charge in [-0.15, -0.1) is 0 Å². The second-order valence-electron chi connectivity index (χ2n) is 6.71. The molecule has 0 fully saturated rings. The molecule has 1 aliphatic heterocycles. The second kappa shape index (κ2) is 8.17. The number of amidine groups is 1. The van der Waals surface area contributed by atoms with Gasteiger partial charge in [0.2, 0.25) is 5.91 Å². The molecular formula is C21H20F3N3O3. The lowest BCUT2D eigenvalue weighted by atomic mass is 10.1. The smallest absolute Gasteiger partial charge is 0.442 e. The first-order valence-corrected chi connectivity index (χ1v) is 9.14. The number of hydrogen-bond donors (Lipinski definition) is 1. The number of para-hydroxylation sites is 1. The molecule has 0 aliphatic carbocycles. The SMILES string of the molecule is COc1ccccc1CCN1C(=O)[C@@](NC(C)=O)(C(F)(F)F)N=C1c1ccccc1. The summed E-state index contributed by atoms with van der Waals surface area (Å²) in [6, 6.07) is 15.1. The molecule has 6 nitrogen and oxygen atoms in total. The molecule has 9 heteroatoms. The summed E-state index contributed by atoms with van der Waals surface area (Å²) in [5.74, 6) is -1.95. The third kappa shape index (κ3) is 3.87. The van der Waals surface area contributed by atoms with Gasteiger partial charge in [-0.3, -0.25) is 14.5 Å². The van der Waals surface area contributed by atoms with E-state index in [9.17, 15) is 22.8 Å². The molecule has 0 aromatic heterocycles. The van der Waals surface area contributed by atoms with Crippen LogP contribution in [0.1, 0.15) is 18.1 Å². The van der Waals surface area contributed by atoms with Crippen molar-refractivity contribution in [2.45, 2.75) is 25.2 Å². The maximum atomic E-state index is 14.0. The lowest BCUT2D eigenvalue weighted by Gasteiger charge is -2.28. The van der Waals surface area contributed by atoms with E-state index in [1.807, 2.05) is 0 Å². The van der Waals surface area contributed by atoms with Crippen molar-refractivity contribution in [2.24, 2.45) is 4.99 Å². The molecule has 0 saturated carbocycles. The molecule has 0 saturated heterocycles. The van der Waals surface area contributed by atoms with Crippen LogP contribution in [0.25, 0.3) is 0 Å². The molecular weight excluding hydrogens is 399 g/mol. The fraction of sp³-hybridized carbons (Fsp3) is 0.286. The first-order valence-electron chi connectivity index (χ1n) is 9.14. The van der Waals surface area contributed by atoms with Crippen molar-refractivity contribution >= 4 is 17.6 Å². The van der Waals surface area contributed by atoms with E-state index in [4.69, 9.17) is 4.74 Å². The fourth-order valence-electron chi connectivity index (χ4n) is 3.31. The van der Waals surface area contributed by atoms with Gasteiger partial charge in [0, 0.05) is 19.0 Å². The number of aliphatic imine (C=N–C) groups is 1. The van der Waals surface area contributed by atoms with E-state index in [0.717, 1.165) is 17.4 Å². The van der Waals surface area contributed by atoms with Gasteiger partial charge >= 0.3 is 11.8 Å². The van der Waals surface area contributed by atoms with E-state index in [0.29, 0.717) is 11.3 Å². The molecule has 1 N–H and O–H groups in total. The van der Waals surface area contributed by atoms with Gasteiger partial charge in [0.05, 0.1) is 7.11 Å². The summed E-state index contributed by atoms with van der Waals surface area (Å²) in [6.45, 7) is 0.834. The maximum Gasteiger partial charge on any atom is 0.442 e. The van der Waals surface area contributed by atoms with Gasteiger partial charge in [-0.05, 0) is 18.1 Å². The van der Waals surface area contributed by atoms with Crippen LogP contribution in [0.15, 0.2) is 59.6 Å². The van der Waals surface area contributed by atoms with Crippen molar-refractivity contribution in [3.8, 4) is 5.75 Å². The number of ether oxygens (including phenoxy) is 1. The van der Waals surface area contributed by atoms with Gasteiger partial charge in [-0.1, -0.05) is 48.5 Å². The van der Waals surface area contributed by atoms with Crippen molar-refractivity contribution in [2.75, 3.05) is 13.7 Å². The second-order valence-corrected chi connectivity index (χ2v) is 6.71. The highest BCUT2D eigenvalue weighted by Gasteiger charge is 2.66. The number of halogens is 3. The minimum atomic E-state index is -5.12. The summed E-state index contributed by atoms with van der Waals surface area (Å²) in [5, 5.41) is 1.73. The molecule has 2 aromatic carbocycles. The minimum absolute atomic E-state index is 0.0790. The van der Waals surface area contributed by atoms with Crippen molar-refractivity contribution in [3.63, 3.8) is 0 Å². The molecule has 0 bridgehead atoms. The molecule has 1 heterocycles. The van der Waals surface area contributed by atoms with Gasteiger partial charge in [-0.25, -0.2) is 4.99 Å². The fourth-order valence-corrected chi connectivity index (χ4v) is 3.31. The Bertz CT molecular complexity index is 976. The third-order valence-electron chi connectivity index (χ3n) is 4.68. The largest absolute Gasteiger partial charge is 0.496 e. The van der Waals surface area contributed by atoms with E-state index in [2.05, 4.69) is 4.99 Å². The minimum Gasteiger partial charge on any atom is -0.496 e. The van der Waals surface area contributed by atoms with Gasteiger partial charge in [0.1, 0.15) is 11.6 Å². The average molecular weight is 419 g/mol. The highest BCUT2D eigenvalue weighted by Crippen LogP contribution is 2.38. The van der Waals surface area contributed by atoms with E-state index < -0.39 is 23.7 Å². The molecule has 1 atom stereocenters. The lowest BCUT2D eigenvalue weighted by molar-refractivity contribution is -0.199. The molecule has 30 heavy (non-hydrogen) atoms. The first kappa shape index (κ1) is 21.4. The van der Waals surface area contributed by atoms with Crippen LogP contribution in [0.4, 0.5) is 13.2 Å². The summed E-state index contributed by atoms with van der Waals surface area (Å²) in [6.07, 6.45) is -4.88. The van der Waals surface area contributed by atoms with Gasteiger partial charge in [0.25, 0.3) is 5.91 Å². The Hall–Kier alpha value is -3.36. The summed E-state index contributed by atoms with van der Waals surface area (Å²) >= 11 is 0. The normalized spacial score (nSPS) is 18.9. The van der Waals surface area contributed by atoms with Crippen molar-refractivity contribution in [1.29, 1.82) is 0 Å². The molecule has 2 amide bonds. The first-order chi connectivity index (χ1) is 14.2. The maximum absolute atomic E-state index is 14.0. The number of hydrogen-bond acceptors (Lipinski definition) is 4. The monoisotopic (exact) mass is 419 g/mol. The Morgan fingerprint density at radius 1 is 1.13 bits per heavy atom. The Labute approximate surface area is 171 Å². The molecule has 158 valence electrons. The van der Waals surface area contributed by atoms with Crippen molar-refractivity contribution < 1.29 is 27.5 Å². The summed E-state index contributed by atoms with van der Waals surface area (Å²) in [4.78, 5) is 29.2. The van der Waals surface area contributed by atoms with Crippen LogP contribution in [-0.2, 0) is 16.0 Å². The summed E-state index contributed by atoms with van der Waals surface area (Å²) < 4.78 is 47.2. The quantitative estimate of drug-likeness (QED) is 0.783. The van der Waals surface area contributed by atoms with Crippen LogP contribution in [0.5, 0.6) is 5.75 Å². The van der Waals surface area contributed by atoms with Crippen LogP contribution in [0.2, 0.25) is 0 Å².